The van der Waals surface area contributed by atoms with Crippen LogP contribution in [0.4, 0.5) is 0 Å². The molecule has 0 fully saturated rings. The van der Waals surface area contributed by atoms with Crippen molar-refractivity contribution in [2.24, 2.45) is 0 Å². The number of halogens is 1. The van der Waals surface area contributed by atoms with Crippen molar-refractivity contribution >= 4 is 27.3 Å². The summed E-state index contributed by atoms with van der Waals surface area (Å²) in [6.45, 7) is 5.88. The highest BCUT2D eigenvalue weighted by Crippen LogP contribution is 2.32. The Morgan fingerprint density at radius 3 is 2.80 bits per heavy atom. The molecule has 1 aromatic heterocycles. The number of rotatable bonds is 7. The van der Waals surface area contributed by atoms with Gasteiger partial charge in [-0.1, -0.05) is 19.1 Å². The predicted octanol–water partition coefficient (Wildman–Crippen LogP) is 5.00. The highest BCUT2D eigenvalue weighted by atomic mass is 79.9. The van der Waals surface area contributed by atoms with Gasteiger partial charge < -0.3 is 10.1 Å². The van der Waals surface area contributed by atoms with E-state index >= 15 is 0 Å². The maximum absolute atomic E-state index is 5.61. The highest BCUT2D eigenvalue weighted by molar-refractivity contribution is 9.10. The molecule has 0 saturated carbocycles. The van der Waals surface area contributed by atoms with Gasteiger partial charge in [-0.3, -0.25) is 0 Å². The van der Waals surface area contributed by atoms with Crippen molar-refractivity contribution in [1.29, 1.82) is 0 Å². The Kier molecular flexibility index (Phi) is 6.07. The first-order valence-electron chi connectivity index (χ1n) is 6.94. The van der Waals surface area contributed by atoms with Crippen LogP contribution >= 0.6 is 27.3 Å². The van der Waals surface area contributed by atoms with E-state index in [2.05, 4.69) is 57.1 Å². The Bertz CT molecular complexity index is 541. The summed E-state index contributed by atoms with van der Waals surface area (Å²) in [6, 6.07) is 8.55. The highest BCUT2D eigenvalue weighted by Gasteiger charge is 2.17. The first-order valence-corrected chi connectivity index (χ1v) is 8.67. The standard InChI is InChI=1S/C16H20BrNOS/c1-3-8-18-16(14-10-20-11-15(14)17)12-6-5-7-13(9-12)19-4-2/h5-7,9-11,16,18H,3-4,8H2,1-2H3. The largest absolute Gasteiger partial charge is 0.494 e. The predicted molar refractivity (Wildman–Crippen MR) is 89.8 cm³/mol. The monoisotopic (exact) mass is 353 g/mol. The van der Waals surface area contributed by atoms with Crippen molar-refractivity contribution in [3.05, 3.63) is 50.6 Å². The summed E-state index contributed by atoms with van der Waals surface area (Å²) in [4.78, 5) is 0. The minimum absolute atomic E-state index is 0.205. The first-order chi connectivity index (χ1) is 9.76. The van der Waals surface area contributed by atoms with E-state index in [0.29, 0.717) is 6.61 Å². The van der Waals surface area contributed by atoms with Crippen LogP contribution < -0.4 is 10.1 Å². The van der Waals surface area contributed by atoms with Crippen molar-refractivity contribution in [2.45, 2.75) is 26.3 Å². The van der Waals surface area contributed by atoms with E-state index in [1.807, 2.05) is 13.0 Å². The third-order valence-electron chi connectivity index (χ3n) is 3.05. The molecular weight excluding hydrogens is 334 g/mol. The molecule has 2 aromatic rings. The molecule has 1 atom stereocenters. The quantitative estimate of drug-likeness (QED) is 0.756. The van der Waals surface area contributed by atoms with E-state index < -0.39 is 0 Å². The number of nitrogens with one attached hydrogen (secondary N) is 1. The lowest BCUT2D eigenvalue weighted by molar-refractivity contribution is 0.339. The summed E-state index contributed by atoms with van der Waals surface area (Å²) < 4.78 is 6.78. The van der Waals surface area contributed by atoms with Crippen LogP contribution in [-0.4, -0.2) is 13.2 Å². The van der Waals surface area contributed by atoms with Crippen molar-refractivity contribution < 1.29 is 4.74 Å². The molecule has 1 N–H and O–H groups in total. The Balaban J connectivity index is 2.31. The van der Waals surface area contributed by atoms with Gasteiger partial charge in [-0.2, -0.15) is 11.3 Å². The Hall–Kier alpha value is -0.840. The van der Waals surface area contributed by atoms with E-state index in [1.165, 1.54) is 11.1 Å². The van der Waals surface area contributed by atoms with Gasteiger partial charge in [-0.05, 0) is 64.5 Å². The van der Waals surface area contributed by atoms with Crippen molar-refractivity contribution in [1.82, 2.24) is 5.32 Å². The van der Waals surface area contributed by atoms with Gasteiger partial charge in [-0.25, -0.2) is 0 Å². The molecule has 4 heteroatoms. The van der Waals surface area contributed by atoms with Crippen LogP contribution in [0.25, 0.3) is 0 Å². The third-order valence-corrected chi connectivity index (χ3v) is 4.81. The van der Waals surface area contributed by atoms with Gasteiger partial charge in [0.1, 0.15) is 5.75 Å². The molecule has 0 spiro atoms. The summed E-state index contributed by atoms with van der Waals surface area (Å²) in [5.41, 5.74) is 2.53. The Morgan fingerprint density at radius 1 is 1.30 bits per heavy atom. The Morgan fingerprint density at radius 2 is 2.15 bits per heavy atom. The van der Waals surface area contributed by atoms with Gasteiger partial charge in [0.15, 0.2) is 0 Å². The van der Waals surface area contributed by atoms with E-state index in [4.69, 9.17) is 4.74 Å². The van der Waals surface area contributed by atoms with Gasteiger partial charge in [0, 0.05) is 9.85 Å². The maximum Gasteiger partial charge on any atom is 0.119 e. The molecule has 0 aliphatic heterocycles. The van der Waals surface area contributed by atoms with Crippen molar-refractivity contribution in [3.8, 4) is 5.75 Å². The molecule has 2 rings (SSSR count). The molecule has 0 aliphatic carbocycles. The molecule has 0 amide bonds. The summed E-state index contributed by atoms with van der Waals surface area (Å²) in [5.74, 6) is 0.930. The minimum atomic E-state index is 0.205. The molecule has 2 nitrogen and oxygen atoms in total. The van der Waals surface area contributed by atoms with Crippen molar-refractivity contribution in [2.75, 3.05) is 13.2 Å². The fourth-order valence-electron chi connectivity index (χ4n) is 2.14. The molecule has 20 heavy (non-hydrogen) atoms. The number of hydrogen-bond acceptors (Lipinski definition) is 3. The van der Waals surface area contributed by atoms with Crippen LogP contribution in [0.5, 0.6) is 5.75 Å². The van der Waals surface area contributed by atoms with Crippen LogP contribution in [0.3, 0.4) is 0 Å². The molecule has 108 valence electrons. The second-order valence-corrected chi connectivity index (χ2v) is 6.17. The van der Waals surface area contributed by atoms with Crippen LogP contribution in [0.1, 0.15) is 37.4 Å². The average Bonchev–Trinajstić information content (AvgIpc) is 2.87. The number of hydrogen-bond donors (Lipinski definition) is 1. The normalized spacial score (nSPS) is 12.3. The molecule has 1 unspecified atom stereocenters. The lowest BCUT2D eigenvalue weighted by Crippen LogP contribution is -2.23. The molecule has 0 bridgehead atoms. The second kappa shape index (κ2) is 7.81. The zero-order valence-corrected chi connectivity index (χ0v) is 14.3. The maximum atomic E-state index is 5.61. The summed E-state index contributed by atoms with van der Waals surface area (Å²) >= 11 is 5.36. The zero-order chi connectivity index (χ0) is 14.4. The van der Waals surface area contributed by atoms with Gasteiger partial charge in [0.05, 0.1) is 12.6 Å². The molecule has 0 radical (unpaired) electrons. The molecule has 0 aliphatic rings. The van der Waals surface area contributed by atoms with Gasteiger partial charge >= 0.3 is 0 Å². The number of ether oxygens (including phenoxy) is 1. The first kappa shape index (κ1) is 15.5. The fourth-order valence-corrected chi connectivity index (χ4v) is 3.70. The lowest BCUT2D eigenvalue weighted by atomic mass is 10.0. The average molecular weight is 354 g/mol. The SMILES string of the molecule is CCCNC(c1cccc(OCC)c1)c1cscc1Br. The van der Waals surface area contributed by atoms with E-state index in [0.717, 1.165) is 23.2 Å². The van der Waals surface area contributed by atoms with E-state index in [9.17, 15) is 0 Å². The molecule has 1 aromatic carbocycles. The minimum Gasteiger partial charge on any atom is -0.494 e. The molecule has 0 saturated heterocycles. The van der Waals surface area contributed by atoms with Crippen molar-refractivity contribution in [3.63, 3.8) is 0 Å². The smallest absolute Gasteiger partial charge is 0.119 e. The zero-order valence-electron chi connectivity index (χ0n) is 11.9. The molecular formula is C16H20BrNOS. The summed E-state index contributed by atoms with van der Waals surface area (Å²) in [7, 11) is 0. The van der Waals surface area contributed by atoms with E-state index in [-0.39, 0.29) is 6.04 Å². The van der Waals surface area contributed by atoms with Gasteiger partial charge in [0.25, 0.3) is 0 Å². The lowest BCUT2D eigenvalue weighted by Gasteiger charge is -2.19. The topological polar surface area (TPSA) is 21.3 Å². The van der Waals surface area contributed by atoms with Crippen LogP contribution in [-0.2, 0) is 0 Å². The van der Waals surface area contributed by atoms with Crippen LogP contribution in [0.15, 0.2) is 39.5 Å². The summed E-state index contributed by atoms with van der Waals surface area (Å²) in [5, 5.41) is 7.95. The third kappa shape index (κ3) is 3.84. The molecule has 1 heterocycles. The number of thiophene rings is 1. The number of benzene rings is 1. The summed E-state index contributed by atoms with van der Waals surface area (Å²) in [6.07, 6.45) is 1.11. The Labute approximate surface area is 133 Å². The van der Waals surface area contributed by atoms with Gasteiger partial charge in [-0.15, -0.1) is 0 Å². The van der Waals surface area contributed by atoms with Gasteiger partial charge in [0.2, 0.25) is 0 Å². The van der Waals surface area contributed by atoms with Crippen LogP contribution in [0.2, 0.25) is 0 Å². The fraction of sp³-hybridized carbons (Fsp3) is 0.375. The van der Waals surface area contributed by atoms with E-state index in [1.54, 1.807) is 11.3 Å². The second-order valence-electron chi connectivity index (χ2n) is 4.57. The van der Waals surface area contributed by atoms with Crippen LogP contribution in [0, 0.1) is 0 Å².